The van der Waals surface area contributed by atoms with Crippen LogP contribution in [0.5, 0.6) is 0 Å². The van der Waals surface area contributed by atoms with E-state index >= 15 is 0 Å². The van der Waals surface area contributed by atoms with E-state index in [2.05, 4.69) is 9.89 Å². The Morgan fingerprint density at radius 1 is 1.04 bits per heavy atom. The van der Waals surface area contributed by atoms with Crippen LogP contribution >= 0.6 is 11.6 Å². The number of morpholine rings is 1. The highest BCUT2D eigenvalue weighted by Crippen LogP contribution is 2.24. The second kappa shape index (κ2) is 7.32. The zero-order chi connectivity index (χ0) is 17.9. The van der Waals surface area contributed by atoms with Crippen LogP contribution in [0.3, 0.4) is 0 Å². The number of ether oxygens (including phenoxy) is 2. The Labute approximate surface area is 156 Å². The average Bonchev–Trinajstić information content (AvgIpc) is 3.04. The molecule has 0 atom stereocenters. The molecule has 2 aromatic carbocycles. The van der Waals surface area contributed by atoms with E-state index in [-0.39, 0.29) is 11.6 Å². The number of hydrogen-bond acceptors (Lipinski definition) is 5. The molecule has 0 saturated carbocycles. The molecule has 0 aliphatic carbocycles. The highest BCUT2D eigenvalue weighted by molar-refractivity contribution is 6.34. The minimum atomic E-state index is -0.475. The third-order valence-corrected chi connectivity index (χ3v) is 4.63. The summed E-state index contributed by atoms with van der Waals surface area (Å²) in [5, 5.41) is 0.496. The van der Waals surface area contributed by atoms with Crippen LogP contribution in [0.1, 0.15) is 11.1 Å². The minimum absolute atomic E-state index is 0.233. The summed E-state index contributed by atoms with van der Waals surface area (Å²) < 4.78 is 10.6. The van der Waals surface area contributed by atoms with Crippen LogP contribution < -0.4 is 4.90 Å². The van der Waals surface area contributed by atoms with Gasteiger partial charge in [0.2, 0.25) is 5.90 Å². The third-order valence-electron chi connectivity index (χ3n) is 4.30. The van der Waals surface area contributed by atoms with Gasteiger partial charge in [0.15, 0.2) is 5.70 Å². The normalized spacial score (nSPS) is 18.8. The summed E-state index contributed by atoms with van der Waals surface area (Å²) in [6.07, 6.45) is 1.72. The SMILES string of the molecule is O=C1OC(c2ccccc2Cl)=N/C1=C\c1ccc(N2CCOCC2)cc1. The molecule has 1 fully saturated rings. The molecule has 5 nitrogen and oxygen atoms in total. The Kier molecular flexibility index (Phi) is 4.73. The maximum atomic E-state index is 12.1. The largest absolute Gasteiger partial charge is 0.402 e. The van der Waals surface area contributed by atoms with E-state index in [0.29, 0.717) is 10.6 Å². The fourth-order valence-corrected chi connectivity index (χ4v) is 3.14. The lowest BCUT2D eigenvalue weighted by Gasteiger charge is -2.28. The molecule has 4 rings (SSSR count). The van der Waals surface area contributed by atoms with Crippen molar-refractivity contribution in [2.75, 3.05) is 31.2 Å². The number of benzene rings is 2. The van der Waals surface area contributed by atoms with Crippen LogP contribution in [0.25, 0.3) is 6.08 Å². The highest BCUT2D eigenvalue weighted by atomic mass is 35.5. The Bertz CT molecular complexity index is 884. The molecular weight excluding hydrogens is 352 g/mol. The molecule has 2 aliphatic rings. The van der Waals surface area contributed by atoms with E-state index < -0.39 is 5.97 Å². The summed E-state index contributed by atoms with van der Waals surface area (Å²) in [5.74, 6) is -0.242. The van der Waals surface area contributed by atoms with Crippen LogP contribution in [0.4, 0.5) is 5.69 Å². The highest BCUT2D eigenvalue weighted by Gasteiger charge is 2.25. The predicted molar refractivity (Wildman–Crippen MR) is 102 cm³/mol. The summed E-state index contributed by atoms with van der Waals surface area (Å²) in [6, 6.07) is 15.2. The van der Waals surface area contributed by atoms with E-state index in [1.807, 2.05) is 36.4 Å². The average molecular weight is 369 g/mol. The lowest BCUT2D eigenvalue weighted by Crippen LogP contribution is -2.36. The maximum Gasteiger partial charge on any atom is 0.363 e. The number of rotatable bonds is 3. The first-order valence-corrected chi connectivity index (χ1v) is 8.79. The second-order valence-corrected chi connectivity index (χ2v) is 6.41. The van der Waals surface area contributed by atoms with Crippen LogP contribution in [-0.2, 0) is 14.3 Å². The zero-order valence-electron chi connectivity index (χ0n) is 14.0. The lowest BCUT2D eigenvalue weighted by molar-refractivity contribution is -0.129. The van der Waals surface area contributed by atoms with Crippen molar-refractivity contribution in [1.29, 1.82) is 0 Å². The van der Waals surface area contributed by atoms with E-state index in [9.17, 15) is 4.79 Å². The summed E-state index contributed by atoms with van der Waals surface area (Å²) in [5.41, 5.74) is 2.90. The van der Waals surface area contributed by atoms with E-state index in [1.54, 1.807) is 18.2 Å². The van der Waals surface area contributed by atoms with Crippen LogP contribution in [-0.4, -0.2) is 38.2 Å². The van der Waals surface area contributed by atoms with Crippen molar-refractivity contribution < 1.29 is 14.3 Å². The van der Waals surface area contributed by atoms with Crippen LogP contribution in [0, 0.1) is 0 Å². The second-order valence-electron chi connectivity index (χ2n) is 6.01. The lowest BCUT2D eigenvalue weighted by atomic mass is 10.1. The van der Waals surface area contributed by atoms with Gasteiger partial charge in [-0.05, 0) is 35.9 Å². The third kappa shape index (κ3) is 3.49. The number of esters is 1. The quantitative estimate of drug-likeness (QED) is 0.614. The van der Waals surface area contributed by atoms with E-state index in [0.717, 1.165) is 37.6 Å². The van der Waals surface area contributed by atoms with Gasteiger partial charge in [-0.25, -0.2) is 9.79 Å². The molecule has 2 aliphatic heterocycles. The van der Waals surface area contributed by atoms with Crippen molar-refractivity contribution >= 4 is 35.2 Å². The maximum absolute atomic E-state index is 12.1. The zero-order valence-corrected chi connectivity index (χ0v) is 14.8. The Morgan fingerprint density at radius 3 is 2.50 bits per heavy atom. The summed E-state index contributed by atoms with van der Waals surface area (Å²) in [4.78, 5) is 18.7. The molecule has 0 N–H and O–H groups in total. The number of halogens is 1. The first-order chi connectivity index (χ1) is 12.7. The topological polar surface area (TPSA) is 51.1 Å². The molecule has 0 amide bonds. The molecule has 6 heteroatoms. The van der Waals surface area contributed by atoms with Gasteiger partial charge in [0.05, 0.1) is 23.8 Å². The van der Waals surface area contributed by atoms with Crippen molar-refractivity contribution in [3.8, 4) is 0 Å². The summed E-state index contributed by atoms with van der Waals surface area (Å²) >= 11 is 6.15. The van der Waals surface area contributed by atoms with E-state index in [4.69, 9.17) is 21.1 Å². The van der Waals surface area contributed by atoms with Crippen molar-refractivity contribution in [3.63, 3.8) is 0 Å². The fourth-order valence-electron chi connectivity index (χ4n) is 2.92. The van der Waals surface area contributed by atoms with Gasteiger partial charge in [0.25, 0.3) is 0 Å². The van der Waals surface area contributed by atoms with Gasteiger partial charge in [-0.1, -0.05) is 35.9 Å². The number of nitrogens with zero attached hydrogens (tertiary/aromatic N) is 2. The Hall–Kier alpha value is -2.63. The van der Waals surface area contributed by atoms with Gasteiger partial charge in [-0.2, -0.15) is 0 Å². The van der Waals surface area contributed by atoms with Gasteiger partial charge in [-0.15, -0.1) is 0 Å². The van der Waals surface area contributed by atoms with Crippen LogP contribution in [0.15, 0.2) is 59.2 Å². The molecule has 0 radical (unpaired) electrons. The molecule has 0 spiro atoms. The van der Waals surface area contributed by atoms with Gasteiger partial charge in [0, 0.05) is 18.8 Å². The minimum Gasteiger partial charge on any atom is -0.402 e. The Morgan fingerprint density at radius 2 is 1.77 bits per heavy atom. The first kappa shape index (κ1) is 16.8. The van der Waals surface area contributed by atoms with Crippen molar-refractivity contribution in [1.82, 2.24) is 0 Å². The molecule has 26 heavy (non-hydrogen) atoms. The van der Waals surface area contributed by atoms with Gasteiger partial charge in [0.1, 0.15) is 0 Å². The smallest absolute Gasteiger partial charge is 0.363 e. The first-order valence-electron chi connectivity index (χ1n) is 8.41. The summed E-state index contributed by atoms with van der Waals surface area (Å²) in [6.45, 7) is 3.27. The number of carbonyl (C=O) groups excluding carboxylic acids is 1. The number of aliphatic imine (C=N–C) groups is 1. The molecule has 2 aromatic rings. The standard InChI is InChI=1S/C20H17ClN2O3/c21-17-4-2-1-3-16(17)19-22-18(20(24)26-19)13-14-5-7-15(8-6-14)23-9-11-25-12-10-23/h1-8,13H,9-12H2/b18-13-. The van der Waals surface area contributed by atoms with Crippen LogP contribution in [0.2, 0.25) is 5.02 Å². The molecule has 2 heterocycles. The Balaban J connectivity index is 1.56. The molecule has 1 saturated heterocycles. The number of cyclic esters (lactones) is 1. The van der Waals surface area contributed by atoms with Gasteiger partial charge in [-0.3, -0.25) is 0 Å². The van der Waals surface area contributed by atoms with E-state index in [1.165, 1.54) is 0 Å². The van der Waals surface area contributed by atoms with Gasteiger partial charge >= 0.3 is 5.97 Å². The summed E-state index contributed by atoms with van der Waals surface area (Å²) in [7, 11) is 0. The number of anilines is 1. The van der Waals surface area contributed by atoms with Gasteiger partial charge < -0.3 is 14.4 Å². The number of hydrogen-bond donors (Lipinski definition) is 0. The molecule has 0 bridgehead atoms. The molecule has 132 valence electrons. The number of carbonyl (C=O) groups is 1. The molecular formula is C20H17ClN2O3. The fraction of sp³-hybridized carbons (Fsp3) is 0.200. The van der Waals surface area contributed by atoms with Crippen molar-refractivity contribution in [3.05, 3.63) is 70.4 Å². The monoisotopic (exact) mass is 368 g/mol. The molecule has 0 aromatic heterocycles. The van der Waals surface area contributed by atoms with Crippen molar-refractivity contribution in [2.24, 2.45) is 4.99 Å². The van der Waals surface area contributed by atoms with Crippen molar-refractivity contribution in [2.45, 2.75) is 0 Å². The molecule has 0 unspecified atom stereocenters. The predicted octanol–water partition coefficient (Wildman–Crippen LogP) is 3.52.